The molecule has 3 N–H and O–H groups in total. The van der Waals surface area contributed by atoms with Crippen LogP contribution in [0.5, 0.6) is 5.75 Å². The first kappa shape index (κ1) is 18.2. The van der Waals surface area contributed by atoms with Crippen LogP contribution in [0.1, 0.15) is 12.0 Å². The van der Waals surface area contributed by atoms with E-state index in [-0.39, 0.29) is 10.8 Å². The van der Waals surface area contributed by atoms with Gasteiger partial charge in [-0.3, -0.25) is 4.79 Å². The molecule has 0 spiro atoms. The summed E-state index contributed by atoms with van der Waals surface area (Å²) in [7, 11) is -4.03. The van der Waals surface area contributed by atoms with Crippen LogP contribution in [0.3, 0.4) is 0 Å². The van der Waals surface area contributed by atoms with Crippen LogP contribution >= 0.6 is 0 Å². The number of benzene rings is 2. The van der Waals surface area contributed by atoms with Crippen LogP contribution in [-0.4, -0.2) is 19.9 Å². The summed E-state index contributed by atoms with van der Waals surface area (Å²) in [5.74, 6) is -0.543. The number of carbonyl (C=O) groups is 1. The molecule has 0 aliphatic heterocycles. The van der Waals surface area contributed by atoms with Crippen molar-refractivity contribution in [2.75, 3.05) is 0 Å². The van der Waals surface area contributed by atoms with Gasteiger partial charge in [-0.1, -0.05) is 42.5 Å². The van der Waals surface area contributed by atoms with Gasteiger partial charge < -0.3 is 10.5 Å². The van der Waals surface area contributed by atoms with Crippen molar-refractivity contribution < 1.29 is 17.9 Å². The molecule has 136 valence electrons. The van der Waals surface area contributed by atoms with Crippen molar-refractivity contribution in [1.29, 1.82) is 0 Å². The van der Waals surface area contributed by atoms with Crippen LogP contribution in [0.4, 0.5) is 0 Å². The Morgan fingerprint density at radius 2 is 2.00 bits per heavy atom. The Labute approximate surface area is 152 Å². The van der Waals surface area contributed by atoms with E-state index in [2.05, 4.69) is 6.58 Å². The molecule has 26 heavy (non-hydrogen) atoms. The fourth-order valence-corrected chi connectivity index (χ4v) is 3.69. The molecule has 0 radical (unpaired) electrons. The quantitative estimate of drug-likeness (QED) is 0.724. The fraction of sp³-hybridized carbons (Fsp3) is 0.211. The van der Waals surface area contributed by atoms with Crippen molar-refractivity contribution in [3.63, 3.8) is 0 Å². The Morgan fingerprint density at radius 1 is 1.27 bits per heavy atom. The summed E-state index contributed by atoms with van der Waals surface area (Å²) in [6.07, 6.45) is 1.95. The summed E-state index contributed by atoms with van der Waals surface area (Å²) in [6.45, 7) is 3.90. The second-order valence-electron chi connectivity index (χ2n) is 6.27. The lowest BCUT2D eigenvalue weighted by atomic mass is 10.2. The first-order valence-electron chi connectivity index (χ1n) is 8.10. The molecule has 0 saturated heterocycles. The minimum atomic E-state index is -4.03. The van der Waals surface area contributed by atoms with E-state index in [1.54, 1.807) is 18.2 Å². The van der Waals surface area contributed by atoms with Gasteiger partial charge in [-0.2, -0.15) is 0 Å². The molecule has 6 nitrogen and oxygen atoms in total. The van der Waals surface area contributed by atoms with E-state index >= 15 is 0 Å². The van der Waals surface area contributed by atoms with E-state index in [0.29, 0.717) is 18.8 Å². The zero-order chi connectivity index (χ0) is 18.8. The first-order chi connectivity index (χ1) is 12.3. The molecule has 2 atom stereocenters. The molecule has 0 heterocycles. The molecule has 3 rings (SSSR count). The van der Waals surface area contributed by atoms with E-state index in [4.69, 9.17) is 10.5 Å². The van der Waals surface area contributed by atoms with Crippen molar-refractivity contribution in [3.8, 4) is 5.75 Å². The molecule has 7 heteroatoms. The lowest BCUT2D eigenvalue weighted by Gasteiger charge is -2.13. The number of rotatable bonds is 7. The van der Waals surface area contributed by atoms with E-state index in [0.717, 1.165) is 5.56 Å². The van der Waals surface area contributed by atoms with Crippen molar-refractivity contribution >= 4 is 15.9 Å². The Morgan fingerprint density at radius 3 is 2.65 bits per heavy atom. The van der Waals surface area contributed by atoms with Crippen LogP contribution in [0, 0.1) is 5.92 Å². The van der Waals surface area contributed by atoms with E-state index in [9.17, 15) is 13.2 Å². The zero-order valence-corrected chi connectivity index (χ0v) is 14.9. The molecule has 2 aromatic carbocycles. The summed E-state index contributed by atoms with van der Waals surface area (Å²) in [6, 6.07) is 15.5. The highest BCUT2D eigenvalue weighted by Gasteiger charge is 2.56. The molecule has 2 aromatic rings. The van der Waals surface area contributed by atoms with Crippen molar-refractivity contribution in [3.05, 3.63) is 72.8 Å². The third kappa shape index (κ3) is 3.79. The maximum absolute atomic E-state index is 12.5. The smallest absolute Gasteiger partial charge is 0.264 e. The number of ether oxygens (including phenoxy) is 1. The first-order valence-corrected chi connectivity index (χ1v) is 9.59. The van der Waals surface area contributed by atoms with Crippen LogP contribution in [0.15, 0.2) is 72.1 Å². The Hall–Kier alpha value is -2.64. The molecule has 1 fully saturated rings. The molecule has 0 bridgehead atoms. The van der Waals surface area contributed by atoms with Crippen LogP contribution in [-0.2, 0) is 21.4 Å². The second-order valence-corrected chi connectivity index (χ2v) is 7.95. The lowest BCUT2D eigenvalue weighted by molar-refractivity contribution is -0.121. The number of carbonyl (C=O) groups excluding carboxylic acids is 1. The van der Waals surface area contributed by atoms with E-state index in [1.807, 2.05) is 35.1 Å². The maximum Gasteiger partial charge on any atom is 0.264 e. The highest BCUT2D eigenvalue weighted by molar-refractivity contribution is 7.90. The monoisotopic (exact) mass is 372 g/mol. The average molecular weight is 372 g/mol. The largest absolute Gasteiger partial charge is 0.489 e. The van der Waals surface area contributed by atoms with Gasteiger partial charge in [-0.25, -0.2) is 13.1 Å². The van der Waals surface area contributed by atoms with Crippen molar-refractivity contribution in [1.82, 2.24) is 4.72 Å². The molecule has 1 aliphatic carbocycles. The summed E-state index contributed by atoms with van der Waals surface area (Å²) >= 11 is 0. The molecule has 0 aromatic heterocycles. The summed E-state index contributed by atoms with van der Waals surface area (Å²) in [5.41, 5.74) is 5.66. The van der Waals surface area contributed by atoms with Gasteiger partial charge in [-0.05, 0) is 24.1 Å². The van der Waals surface area contributed by atoms with Gasteiger partial charge in [0, 0.05) is 12.0 Å². The Kier molecular flexibility index (Phi) is 4.84. The summed E-state index contributed by atoms with van der Waals surface area (Å²) < 4.78 is 32.6. The minimum absolute atomic E-state index is 0.0594. The van der Waals surface area contributed by atoms with Gasteiger partial charge in [0.25, 0.3) is 15.9 Å². The third-order valence-electron chi connectivity index (χ3n) is 4.36. The number of nitrogens with two attached hydrogens (primary N) is 1. The second kappa shape index (κ2) is 6.93. The maximum atomic E-state index is 12.5. The number of amides is 1. The Bertz CT molecular complexity index is 928. The highest BCUT2D eigenvalue weighted by Crippen LogP contribution is 2.42. The minimum Gasteiger partial charge on any atom is -0.489 e. The fourth-order valence-electron chi connectivity index (χ4n) is 2.61. The van der Waals surface area contributed by atoms with Crippen LogP contribution in [0.2, 0.25) is 0 Å². The topological polar surface area (TPSA) is 98.5 Å². The number of nitrogens with one attached hydrogen (secondary N) is 1. The van der Waals surface area contributed by atoms with Gasteiger partial charge in [0.15, 0.2) is 0 Å². The molecule has 1 amide bonds. The standard InChI is InChI=1S/C19H20N2O4S/c1-2-15-12-19(15,20)18(22)21-26(23,24)17-10-6-9-16(11-17)25-13-14-7-4-3-5-8-14/h2-11,15H,1,12-13,20H2,(H,21,22)/t15-,19+/m1/s1. The number of hydrogen-bond acceptors (Lipinski definition) is 5. The normalized spacial score (nSPS) is 21.7. The van der Waals surface area contributed by atoms with Crippen LogP contribution < -0.4 is 15.2 Å². The predicted octanol–water partition coefficient (Wildman–Crippen LogP) is 1.97. The number of sulfonamides is 1. The highest BCUT2D eigenvalue weighted by atomic mass is 32.2. The zero-order valence-electron chi connectivity index (χ0n) is 14.1. The average Bonchev–Trinajstić information content (AvgIpc) is 3.33. The van der Waals surface area contributed by atoms with Crippen LogP contribution in [0.25, 0.3) is 0 Å². The van der Waals surface area contributed by atoms with E-state index in [1.165, 1.54) is 12.1 Å². The van der Waals surface area contributed by atoms with Gasteiger partial charge in [0.2, 0.25) is 0 Å². The molecular formula is C19H20N2O4S. The lowest BCUT2D eigenvalue weighted by Crippen LogP contribution is -2.46. The van der Waals surface area contributed by atoms with Gasteiger partial charge >= 0.3 is 0 Å². The molecular weight excluding hydrogens is 352 g/mol. The number of hydrogen-bond donors (Lipinski definition) is 2. The Balaban J connectivity index is 1.70. The summed E-state index contributed by atoms with van der Waals surface area (Å²) in [4.78, 5) is 12.1. The van der Waals surface area contributed by atoms with Crippen molar-refractivity contribution in [2.45, 2.75) is 23.5 Å². The van der Waals surface area contributed by atoms with E-state index < -0.39 is 21.5 Å². The van der Waals surface area contributed by atoms with Gasteiger partial charge in [0.05, 0.1) is 4.90 Å². The molecule has 0 unspecified atom stereocenters. The molecule has 1 saturated carbocycles. The van der Waals surface area contributed by atoms with Gasteiger partial charge in [-0.15, -0.1) is 6.58 Å². The molecule has 1 aliphatic rings. The third-order valence-corrected chi connectivity index (χ3v) is 5.69. The van der Waals surface area contributed by atoms with Gasteiger partial charge in [0.1, 0.15) is 17.9 Å². The summed E-state index contributed by atoms with van der Waals surface area (Å²) in [5, 5.41) is 0. The van der Waals surface area contributed by atoms with Crippen molar-refractivity contribution in [2.24, 2.45) is 11.7 Å². The predicted molar refractivity (Wildman–Crippen MR) is 97.8 cm³/mol. The SMILES string of the molecule is C=C[C@@H]1C[C@@]1(N)C(=O)NS(=O)(=O)c1cccc(OCc2ccccc2)c1.